The molecule has 1 aromatic carbocycles. The van der Waals surface area contributed by atoms with E-state index in [4.69, 9.17) is 11.6 Å². The molecule has 0 amide bonds. The highest BCUT2D eigenvalue weighted by Gasteiger charge is 2.13. The van der Waals surface area contributed by atoms with Crippen LogP contribution in [0.5, 0.6) is 0 Å². The van der Waals surface area contributed by atoms with Crippen LogP contribution < -0.4 is 5.32 Å². The van der Waals surface area contributed by atoms with Crippen LogP contribution in [0.4, 0.5) is 5.82 Å². The van der Waals surface area contributed by atoms with Gasteiger partial charge in [0.05, 0.1) is 6.04 Å². The first-order valence-electron chi connectivity index (χ1n) is 6.15. The molecule has 102 valence electrons. The van der Waals surface area contributed by atoms with E-state index in [0.717, 1.165) is 26.7 Å². The number of fused-ring (bicyclic) bond motifs is 1. The number of nitrogens with zero attached hydrogens (tertiary/aromatic N) is 3. The average Bonchev–Trinajstić information content (AvgIpc) is 2.87. The molecule has 6 heteroatoms. The zero-order chi connectivity index (χ0) is 14.1. The van der Waals surface area contributed by atoms with Crippen molar-refractivity contribution in [2.75, 3.05) is 5.32 Å². The van der Waals surface area contributed by atoms with E-state index in [1.165, 1.54) is 0 Å². The maximum absolute atomic E-state index is 6.22. The smallest absolute Gasteiger partial charge is 0.180 e. The van der Waals surface area contributed by atoms with Crippen molar-refractivity contribution in [1.29, 1.82) is 0 Å². The standard InChI is InChI=1S/C14H12BrClN4/c1-9(10-4-2-3-5-11(10)16)18-13-14-17-6-7-20(14)8-12(15)19-13/h2-9H,1H3,(H,18,19). The number of anilines is 1. The van der Waals surface area contributed by atoms with Gasteiger partial charge in [-0.1, -0.05) is 29.8 Å². The molecule has 0 fully saturated rings. The van der Waals surface area contributed by atoms with E-state index in [1.54, 1.807) is 6.20 Å². The lowest BCUT2D eigenvalue weighted by atomic mass is 10.1. The van der Waals surface area contributed by atoms with Crippen LogP contribution >= 0.6 is 27.5 Å². The molecule has 0 spiro atoms. The van der Waals surface area contributed by atoms with Crippen molar-refractivity contribution in [1.82, 2.24) is 14.4 Å². The number of halogens is 2. The van der Waals surface area contributed by atoms with Crippen LogP contribution in [0.1, 0.15) is 18.5 Å². The summed E-state index contributed by atoms with van der Waals surface area (Å²) in [6.45, 7) is 2.04. The largest absolute Gasteiger partial charge is 0.360 e. The van der Waals surface area contributed by atoms with Gasteiger partial charge in [-0.2, -0.15) is 0 Å². The lowest BCUT2D eigenvalue weighted by Gasteiger charge is -2.16. The Morgan fingerprint density at radius 3 is 2.95 bits per heavy atom. The predicted octanol–water partition coefficient (Wildman–Crippen LogP) is 4.32. The van der Waals surface area contributed by atoms with Crippen molar-refractivity contribution >= 4 is 39.0 Å². The molecule has 0 saturated carbocycles. The van der Waals surface area contributed by atoms with Gasteiger partial charge >= 0.3 is 0 Å². The second-order valence-electron chi connectivity index (χ2n) is 4.46. The molecule has 4 nitrogen and oxygen atoms in total. The van der Waals surface area contributed by atoms with Crippen molar-refractivity contribution < 1.29 is 0 Å². The molecule has 1 atom stereocenters. The van der Waals surface area contributed by atoms with Gasteiger partial charge in [0.1, 0.15) is 4.60 Å². The van der Waals surface area contributed by atoms with Gasteiger partial charge in [-0.05, 0) is 34.5 Å². The molecule has 20 heavy (non-hydrogen) atoms. The molecule has 2 aromatic heterocycles. The zero-order valence-electron chi connectivity index (χ0n) is 10.7. The topological polar surface area (TPSA) is 42.2 Å². The van der Waals surface area contributed by atoms with E-state index in [2.05, 4.69) is 31.2 Å². The summed E-state index contributed by atoms with van der Waals surface area (Å²) in [5.41, 5.74) is 1.81. The fourth-order valence-corrected chi connectivity index (χ4v) is 2.80. The fourth-order valence-electron chi connectivity index (χ4n) is 2.11. The number of rotatable bonds is 3. The van der Waals surface area contributed by atoms with E-state index < -0.39 is 0 Å². The summed E-state index contributed by atoms with van der Waals surface area (Å²) in [4.78, 5) is 8.76. The molecule has 1 N–H and O–H groups in total. The minimum atomic E-state index is 0.0333. The summed E-state index contributed by atoms with van der Waals surface area (Å²) in [6, 6.07) is 7.81. The number of nitrogens with one attached hydrogen (secondary N) is 1. The highest BCUT2D eigenvalue weighted by molar-refractivity contribution is 9.10. The third-order valence-corrected chi connectivity index (χ3v) is 3.80. The Morgan fingerprint density at radius 1 is 1.35 bits per heavy atom. The maximum Gasteiger partial charge on any atom is 0.180 e. The molecule has 0 aliphatic rings. The monoisotopic (exact) mass is 350 g/mol. The third kappa shape index (κ3) is 2.51. The minimum Gasteiger partial charge on any atom is -0.360 e. The van der Waals surface area contributed by atoms with Crippen LogP contribution in [0.2, 0.25) is 5.02 Å². The van der Waals surface area contributed by atoms with Gasteiger partial charge in [0.15, 0.2) is 11.5 Å². The normalized spacial score (nSPS) is 12.6. The van der Waals surface area contributed by atoms with E-state index in [-0.39, 0.29) is 6.04 Å². The van der Waals surface area contributed by atoms with Gasteiger partial charge in [0.25, 0.3) is 0 Å². The van der Waals surface area contributed by atoms with Crippen molar-refractivity contribution in [3.05, 3.63) is 58.0 Å². The predicted molar refractivity (Wildman–Crippen MR) is 84.2 cm³/mol. The van der Waals surface area contributed by atoms with Crippen molar-refractivity contribution in [3.8, 4) is 0 Å². The number of aromatic nitrogens is 3. The summed E-state index contributed by atoms with van der Waals surface area (Å²) < 4.78 is 2.66. The van der Waals surface area contributed by atoms with Crippen molar-refractivity contribution in [2.24, 2.45) is 0 Å². The highest BCUT2D eigenvalue weighted by Crippen LogP contribution is 2.27. The van der Waals surface area contributed by atoms with Gasteiger partial charge in [-0.3, -0.25) is 0 Å². The third-order valence-electron chi connectivity index (χ3n) is 3.07. The van der Waals surface area contributed by atoms with Crippen LogP contribution in [0.25, 0.3) is 5.65 Å². The second kappa shape index (κ2) is 5.42. The Balaban J connectivity index is 1.97. The Labute approximate surface area is 129 Å². The zero-order valence-corrected chi connectivity index (χ0v) is 13.1. The van der Waals surface area contributed by atoms with Crippen LogP contribution in [-0.4, -0.2) is 14.4 Å². The summed E-state index contributed by atoms with van der Waals surface area (Å²) in [7, 11) is 0. The summed E-state index contributed by atoms with van der Waals surface area (Å²) in [5.74, 6) is 0.719. The number of hydrogen-bond donors (Lipinski definition) is 1. The molecule has 0 radical (unpaired) electrons. The van der Waals surface area contributed by atoms with E-state index in [0.29, 0.717) is 0 Å². The molecule has 0 aliphatic carbocycles. The SMILES string of the molecule is CC(Nc1nc(Br)cn2ccnc12)c1ccccc1Cl. The first-order chi connectivity index (χ1) is 9.65. The maximum atomic E-state index is 6.22. The number of imidazole rings is 1. The molecular formula is C14H12BrClN4. The van der Waals surface area contributed by atoms with Gasteiger partial charge in [-0.15, -0.1) is 0 Å². The van der Waals surface area contributed by atoms with Crippen LogP contribution in [0, 0.1) is 0 Å². The highest BCUT2D eigenvalue weighted by atomic mass is 79.9. The summed E-state index contributed by atoms with van der Waals surface area (Å²) in [5, 5.41) is 4.10. The Bertz CT molecular complexity index is 756. The molecule has 3 aromatic rings. The first kappa shape index (κ1) is 13.4. The molecule has 0 bridgehead atoms. The summed E-state index contributed by atoms with van der Waals surface area (Å²) in [6.07, 6.45) is 5.50. The molecule has 1 unspecified atom stereocenters. The molecule has 3 rings (SSSR count). The van der Waals surface area contributed by atoms with Crippen LogP contribution in [0.15, 0.2) is 47.5 Å². The molecule has 0 saturated heterocycles. The molecule has 2 heterocycles. The van der Waals surface area contributed by atoms with E-state index in [9.17, 15) is 0 Å². The Hall–Kier alpha value is -1.59. The molecular weight excluding hydrogens is 340 g/mol. The first-order valence-corrected chi connectivity index (χ1v) is 7.32. The van der Waals surface area contributed by atoms with Crippen LogP contribution in [-0.2, 0) is 0 Å². The van der Waals surface area contributed by atoms with Crippen molar-refractivity contribution in [3.63, 3.8) is 0 Å². The second-order valence-corrected chi connectivity index (χ2v) is 5.68. The molecule has 0 aliphatic heterocycles. The van der Waals surface area contributed by atoms with E-state index in [1.807, 2.05) is 48.0 Å². The van der Waals surface area contributed by atoms with Gasteiger partial charge < -0.3 is 9.72 Å². The minimum absolute atomic E-state index is 0.0333. The average molecular weight is 352 g/mol. The van der Waals surface area contributed by atoms with Gasteiger partial charge in [0, 0.05) is 23.6 Å². The van der Waals surface area contributed by atoms with Gasteiger partial charge in [0.2, 0.25) is 0 Å². The number of hydrogen-bond acceptors (Lipinski definition) is 3. The Kier molecular flexibility index (Phi) is 3.63. The van der Waals surface area contributed by atoms with E-state index >= 15 is 0 Å². The quantitative estimate of drug-likeness (QED) is 0.764. The van der Waals surface area contributed by atoms with Crippen LogP contribution in [0.3, 0.4) is 0 Å². The van der Waals surface area contributed by atoms with Crippen molar-refractivity contribution in [2.45, 2.75) is 13.0 Å². The fraction of sp³-hybridized carbons (Fsp3) is 0.143. The number of benzene rings is 1. The Morgan fingerprint density at radius 2 is 2.15 bits per heavy atom. The van der Waals surface area contributed by atoms with Gasteiger partial charge in [-0.25, -0.2) is 9.97 Å². The summed E-state index contributed by atoms with van der Waals surface area (Å²) >= 11 is 9.63. The lowest BCUT2D eigenvalue weighted by Crippen LogP contribution is -2.10. The lowest BCUT2D eigenvalue weighted by molar-refractivity contribution is 0.871.